The summed E-state index contributed by atoms with van der Waals surface area (Å²) in [4.78, 5) is 6.73. The summed E-state index contributed by atoms with van der Waals surface area (Å²) in [7, 11) is 0. The normalized spacial score (nSPS) is 17.3. The molecule has 16 heavy (non-hydrogen) atoms. The SMILES string of the molecule is Cc1cc(NCCN2CCCCC2)ccn1. The molecule has 0 aliphatic carbocycles. The molecule has 1 aromatic rings. The topological polar surface area (TPSA) is 28.2 Å². The first-order valence-corrected chi connectivity index (χ1v) is 6.23. The number of nitrogens with zero attached hydrogens (tertiary/aromatic N) is 2. The number of anilines is 1. The molecule has 0 atom stereocenters. The Labute approximate surface area is 97.9 Å². The first-order valence-electron chi connectivity index (χ1n) is 6.23. The van der Waals surface area contributed by atoms with Gasteiger partial charge in [0.05, 0.1) is 0 Å². The molecule has 1 N–H and O–H groups in total. The monoisotopic (exact) mass is 219 g/mol. The Bertz CT molecular complexity index is 319. The molecule has 0 radical (unpaired) electrons. The third-order valence-corrected chi connectivity index (χ3v) is 3.10. The van der Waals surface area contributed by atoms with E-state index in [-0.39, 0.29) is 0 Å². The summed E-state index contributed by atoms with van der Waals surface area (Å²) in [5, 5.41) is 3.45. The van der Waals surface area contributed by atoms with Gasteiger partial charge < -0.3 is 10.2 Å². The van der Waals surface area contributed by atoms with Crippen LogP contribution < -0.4 is 5.32 Å². The van der Waals surface area contributed by atoms with Crippen LogP contribution in [-0.2, 0) is 0 Å². The quantitative estimate of drug-likeness (QED) is 0.842. The summed E-state index contributed by atoms with van der Waals surface area (Å²) in [6.07, 6.45) is 6.01. The second-order valence-electron chi connectivity index (χ2n) is 4.51. The highest BCUT2D eigenvalue weighted by atomic mass is 15.1. The molecule has 1 aliphatic heterocycles. The zero-order valence-corrected chi connectivity index (χ0v) is 10.1. The smallest absolute Gasteiger partial charge is 0.0393 e. The minimum absolute atomic E-state index is 1.03. The predicted molar refractivity (Wildman–Crippen MR) is 67.8 cm³/mol. The van der Waals surface area contributed by atoms with Crippen LogP contribution >= 0.6 is 0 Å². The maximum Gasteiger partial charge on any atom is 0.0393 e. The summed E-state index contributed by atoms with van der Waals surface area (Å²) < 4.78 is 0. The fourth-order valence-electron chi connectivity index (χ4n) is 2.20. The van der Waals surface area contributed by atoms with Crippen LogP contribution in [0.1, 0.15) is 25.0 Å². The molecule has 2 rings (SSSR count). The van der Waals surface area contributed by atoms with Crippen LogP contribution in [-0.4, -0.2) is 36.1 Å². The molecule has 3 nitrogen and oxygen atoms in total. The molecule has 0 aromatic carbocycles. The van der Waals surface area contributed by atoms with Crippen LogP contribution in [0.25, 0.3) is 0 Å². The van der Waals surface area contributed by atoms with Crippen LogP contribution in [0, 0.1) is 6.92 Å². The Hall–Kier alpha value is -1.09. The van der Waals surface area contributed by atoms with Crippen LogP contribution in [0.4, 0.5) is 5.69 Å². The van der Waals surface area contributed by atoms with E-state index in [1.807, 2.05) is 19.2 Å². The number of aryl methyl sites for hydroxylation is 1. The van der Waals surface area contributed by atoms with E-state index in [4.69, 9.17) is 0 Å². The molecule has 1 fully saturated rings. The van der Waals surface area contributed by atoms with Crippen molar-refractivity contribution in [2.45, 2.75) is 26.2 Å². The van der Waals surface area contributed by atoms with Crippen molar-refractivity contribution >= 4 is 5.69 Å². The number of pyridine rings is 1. The van der Waals surface area contributed by atoms with E-state index in [2.05, 4.69) is 21.3 Å². The number of hydrogen-bond acceptors (Lipinski definition) is 3. The molecule has 0 amide bonds. The molecule has 88 valence electrons. The highest BCUT2D eigenvalue weighted by Crippen LogP contribution is 2.09. The zero-order chi connectivity index (χ0) is 11.2. The van der Waals surface area contributed by atoms with E-state index < -0.39 is 0 Å². The Balaban J connectivity index is 1.71. The van der Waals surface area contributed by atoms with Gasteiger partial charge >= 0.3 is 0 Å². The number of likely N-dealkylation sites (tertiary alicyclic amines) is 1. The lowest BCUT2D eigenvalue weighted by atomic mass is 10.1. The molecule has 1 saturated heterocycles. The van der Waals surface area contributed by atoms with Crippen molar-refractivity contribution in [2.24, 2.45) is 0 Å². The average molecular weight is 219 g/mol. The average Bonchev–Trinajstić information content (AvgIpc) is 2.30. The highest BCUT2D eigenvalue weighted by Gasteiger charge is 2.08. The van der Waals surface area contributed by atoms with E-state index in [1.165, 1.54) is 38.0 Å². The number of piperidine rings is 1. The van der Waals surface area contributed by atoms with Crippen molar-refractivity contribution in [2.75, 3.05) is 31.5 Å². The Morgan fingerprint density at radius 2 is 2.12 bits per heavy atom. The first-order chi connectivity index (χ1) is 7.84. The molecule has 3 heteroatoms. The lowest BCUT2D eigenvalue weighted by Gasteiger charge is -2.26. The second kappa shape index (κ2) is 5.85. The Morgan fingerprint density at radius 1 is 1.31 bits per heavy atom. The van der Waals surface area contributed by atoms with Gasteiger partial charge in [-0.05, 0) is 45.0 Å². The molecule has 2 heterocycles. The highest BCUT2D eigenvalue weighted by molar-refractivity contribution is 5.42. The van der Waals surface area contributed by atoms with E-state index in [9.17, 15) is 0 Å². The van der Waals surface area contributed by atoms with Crippen LogP contribution in [0.2, 0.25) is 0 Å². The van der Waals surface area contributed by atoms with Gasteiger partial charge in [0, 0.05) is 30.7 Å². The summed E-state index contributed by atoms with van der Waals surface area (Å²) in [6.45, 7) is 6.76. The van der Waals surface area contributed by atoms with Crippen molar-refractivity contribution in [3.63, 3.8) is 0 Å². The van der Waals surface area contributed by atoms with E-state index >= 15 is 0 Å². The van der Waals surface area contributed by atoms with Crippen molar-refractivity contribution in [3.8, 4) is 0 Å². The molecule has 1 aromatic heterocycles. The fourth-order valence-corrected chi connectivity index (χ4v) is 2.20. The van der Waals surface area contributed by atoms with Crippen molar-refractivity contribution < 1.29 is 0 Å². The van der Waals surface area contributed by atoms with Crippen LogP contribution in [0.15, 0.2) is 18.3 Å². The molecule has 0 saturated carbocycles. The fraction of sp³-hybridized carbons (Fsp3) is 0.615. The lowest BCUT2D eigenvalue weighted by Crippen LogP contribution is -2.33. The summed E-state index contributed by atoms with van der Waals surface area (Å²) in [5.74, 6) is 0. The maximum atomic E-state index is 4.19. The van der Waals surface area contributed by atoms with Crippen molar-refractivity contribution in [3.05, 3.63) is 24.0 Å². The van der Waals surface area contributed by atoms with Gasteiger partial charge in [0.1, 0.15) is 0 Å². The molecule has 0 spiro atoms. The minimum Gasteiger partial charge on any atom is -0.384 e. The summed E-state index contributed by atoms with van der Waals surface area (Å²) in [5.41, 5.74) is 2.26. The van der Waals surface area contributed by atoms with Gasteiger partial charge in [-0.25, -0.2) is 0 Å². The van der Waals surface area contributed by atoms with Crippen molar-refractivity contribution in [1.82, 2.24) is 9.88 Å². The second-order valence-corrected chi connectivity index (χ2v) is 4.51. The number of hydrogen-bond donors (Lipinski definition) is 1. The first kappa shape index (κ1) is 11.4. The standard InChI is InChI=1S/C13H21N3/c1-12-11-13(5-6-14-12)15-7-10-16-8-3-2-4-9-16/h5-6,11H,2-4,7-10H2,1H3,(H,14,15). The van der Waals surface area contributed by atoms with Crippen molar-refractivity contribution in [1.29, 1.82) is 0 Å². The molecule has 1 aliphatic rings. The van der Waals surface area contributed by atoms with Crippen LogP contribution in [0.3, 0.4) is 0 Å². The zero-order valence-electron chi connectivity index (χ0n) is 10.1. The summed E-state index contributed by atoms with van der Waals surface area (Å²) >= 11 is 0. The molecule has 0 unspecified atom stereocenters. The van der Waals surface area contributed by atoms with Gasteiger partial charge in [0.15, 0.2) is 0 Å². The molecular weight excluding hydrogens is 198 g/mol. The summed E-state index contributed by atoms with van der Waals surface area (Å²) in [6, 6.07) is 4.12. The number of rotatable bonds is 4. The maximum absolute atomic E-state index is 4.19. The van der Waals surface area contributed by atoms with Gasteiger partial charge in [-0.3, -0.25) is 4.98 Å². The van der Waals surface area contributed by atoms with Crippen LogP contribution in [0.5, 0.6) is 0 Å². The van der Waals surface area contributed by atoms with Gasteiger partial charge in [-0.2, -0.15) is 0 Å². The Kier molecular flexibility index (Phi) is 4.17. The number of nitrogens with one attached hydrogen (secondary N) is 1. The number of aromatic nitrogens is 1. The minimum atomic E-state index is 1.03. The third-order valence-electron chi connectivity index (χ3n) is 3.10. The predicted octanol–water partition coefficient (Wildman–Crippen LogP) is 2.29. The molecule has 0 bridgehead atoms. The van der Waals surface area contributed by atoms with Gasteiger partial charge in [-0.15, -0.1) is 0 Å². The van der Waals surface area contributed by atoms with Gasteiger partial charge in [0.25, 0.3) is 0 Å². The molecular formula is C13H21N3. The van der Waals surface area contributed by atoms with Gasteiger partial charge in [-0.1, -0.05) is 6.42 Å². The third kappa shape index (κ3) is 3.49. The Morgan fingerprint density at radius 3 is 2.88 bits per heavy atom. The lowest BCUT2D eigenvalue weighted by molar-refractivity contribution is 0.237. The van der Waals surface area contributed by atoms with E-state index in [1.54, 1.807) is 0 Å². The largest absolute Gasteiger partial charge is 0.384 e. The van der Waals surface area contributed by atoms with Gasteiger partial charge in [0.2, 0.25) is 0 Å². The van der Waals surface area contributed by atoms with E-state index in [0.717, 1.165) is 18.8 Å². The van der Waals surface area contributed by atoms with E-state index in [0.29, 0.717) is 0 Å².